The van der Waals surface area contributed by atoms with Crippen molar-refractivity contribution in [1.29, 1.82) is 0 Å². The highest BCUT2D eigenvalue weighted by atomic mass is 16.5. The number of rotatable bonds is 7. The average molecular weight is 259 g/mol. The first kappa shape index (κ1) is 13.8. The monoisotopic (exact) mass is 259 g/mol. The van der Waals surface area contributed by atoms with Gasteiger partial charge in [0.25, 0.3) is 0 Å². The van der Waals surface area contributed by atoms with Crippen molar-refractivity contribution in [3.63, 3.8) is 0 Å². The second-order valence-corrected chi connectivity index (χ2v) is 4.57. The summed E-state index contributed by atoms with van der Waals surface area (Å²) in [5, 5.41) is 5.88. The fraction of sp³-hybridized carbons (Fsp3) is 0.375. The van der Waals surface area contributed by atoms with E-state index in [0.717, 1.165) is 31.9 Å². The predicted molar refractivity (Wildman–Crippen MR) is 78.7 cm³/mol. The molecule has 0 spiro atoms. The van der Waals surface area contributed by atoms with Crippen LogP contribution in [0.3, 0.4) is 0 Å². The molecule has 0 aliphatic heterocycles. The first-order valence-corrected chi connectivity index (χ1v) is 6.60. The maximum absolute atomic E-state index is 5.23. The van der Waals surface area contributed by atoms with Gasteiger partial charge in [-0.15, -0.1) is 0 Å². The van der Waals surface area contributed by atoms with E-state index in [2.05, 4.69) is 35.6 Å². The van der Waals surface area contributed by atoms with Crippen molar-refractivity contribution in [2.24, 2.45) is 0 Å². The van der Waals surface area contributed by atoms with E-state index in [1.165, 1.54) is 16.3 Å². The maximum atomic E-state index is 5.23. The molecular formula is C16H21NO2. The minimum absolute atomic E-state index is 0.810. The number of ether oxygens (including phenoxy) is 2. The molecular weight excluding hydrogens is 238 g/mol. The van der Waals surface area contributed by atoms with E-state index < -0.39 is 0 Å². The van der Waals surface area contributed by atoms with E-state index in [4.69, 9.17) is 9.47 Å². The van der Waals surface area contributed by atoms with Gasteiger partial charge in [0.2, 0.25) is 0 Å². The molecule has 2 rings (SSSR count). The number of hydrogen-bond acceptors (Lipinski definition) is 3. The van der Waals surface area contributed by atoms with Crippen LogP contribution in [-0.4, -0.2) is 27.4 Å². The summed E-state index contributed by atoms with van der Waals surface area (Å²) in [7, 11) is 3.43. The molecule has 102 valence electrons. The summed E-state index contributed by atoms with van der Waals surface area (Å²) in [6, 6.07) is 12.7. The minimum Gasteiger partial charge on any atom is -0.497 e. The number of fused-ring (bicyclic) bond motifs is 1. The molecule has 2 aromatic rings. The van der Waals surface area contributed by atoms with Crippen LogP contribution in [0, 0.1) is 0 Å². The maximum Gasteiger partial charge on any atom is 0.119 e. The van der Waals surface area contributed by atoms with E-state index in [0.29, 0.717) is 0 Å². The molecule has 3 nitrogen and oxygen atoms in total. The van der Waals surface area contributed by atoms with Crippen molar-refractivity contribution in [2.45, 2.75) is 13.0 Å². The topological polar surface area (TPSA) is 30.5 Å². The van der Waals surface area contributed by atoms with Gasteiger partial charge in [0.05, 0.1) is 7.11 Å². The number of hydrogen-bond donors (Lipinski definition) is 1. The summed E-state index contributed by atoms with van der Waals surface area (Å²) in [6.07, 6.45) is 1.04. The lowest BCUT2D eigenvalue weighted by atomic mass is 10.1. The Bertz CT molecular complexity index is 525. The van der Waals surface area contributed by atoms with Gasteiger partial charge in [0.1, 0.15) is 5.75 Å². The Labute approximate surface area is 114 Å². The third-order valence-corrected chi connectivity index (χ3v) is 3.14. The molecule has 0 heterocycles. The second-order valence-electron chi connectivity index (χ2n) is 4.57. The van der Waals surface area contributed by atoms with Crippen molar-refractivity contribution in [2.75, 3.05) is 27.4 Å². The van der Waals surface area contributed by atoms with Crippen LogP contribution in [0.15, 0.2) is 36.4 Å². The van der Waals surface area contributed by atoms with Crippen LogP contribution in [0.2, 0.25) is 0 Å². The Morgan fingerprint density at radius 1 is 1.00 bits per heavy atom. The fourth-order valence-electron chi connectivity index (χ4n) is 2.08. The lowest BCUT2D eigenvalue weighted by Gasteiger charge is -2.07. The normalized spacial score (nSPS) is 10.8. The first-order chi connectivity index (χ1) is 9.33. The quantitative estimate of drug-likeness (QED) is 0.775. The van der Waals surface area contributed by atoms with Crippen LogP contribution in [0.1, 0.15) is 12.0 Å². The standard InChI is InChI=1S/C16H21NO2/c1-18-9-3-8-17-12-13-4-5-15-11-16(19-2)7-6-14(15)10-13/h4-7,10-11,17H,3,8-9,12H2,1-2H3. The highest BCUT2D eigenvalue weighted by molar-refractivity contribution is 5.84. The Hall–Kier alpha value is -1.58. The summed E-state index contributed by atoms with van der Waals surface area (Å²) >= 11 is 0. The van der Waals surface area contributed by atoms with Gasteiger partial charge in [-0.3, -0.25) is 0 Å². The molecule has 0 radical (unpaired) electrons. The molecule has 0 aliphatic rings. The van der Waals surface area contributed by atoms with Crippen molar-refractivity contribution >= 4 is 10.8 Å². The Morgan fingerprint density at radius 3 is 2.58 bits per heavy atom. The number of nitrogens with one attached hydrogen (secondary N) is 1. The lowest BCUT2D eigenvalue weighted by Crippen LogP contribution is -2.15. The van der Waals surface area contributed by atoms with Gasteiger partial charge in [0.15, 0.2) is 0 Å². The summed E-state index contributed by atoms with van der Waals surface area (Å²) in [4.78, 5) is 0. The highest BCUT2D eigenvalue weighted by Gasteiger charge is 1.99. The Kier molecular flexibility index (Phi) is 5.19. The van der Waals surface area contributed by atoms with Crippen LogP contribution < -0.4 is 10.1 Å². The Morgan fingerprint density at radius 2 is 1.79 bits per heavy atom. The molecule has 0 fully saturated rings. The minimum atomic E-state index is 0.810. The average Bonchev–Trinajstić information content (AvgIpc) is 2.46. The molecule has 0 aromatic heterocycles. The third kappa shape index (κ3) is 3.94. The van der Waals surface area contributed by atoms with E-state index >= 15 is 0 Å². The van der Waals surface area contributed by atoms with Gasteiger partial charge < -0.3 is 14.8 Å². The van der Waals surface area contributed by atoms with E-state index in [1.807, 2.05) is 6.07 Å². The molecule has 0 saturated carbocycles. The van der Waals surface area contributed by atoms with Crippen LogP contribution in [0.4, 0.5) is 0 Å². The van der Waals surface area contributed by atoms with Gasteiger partial charge in [-0.05, 0) is 47.5 Å². The molecule has 0 saturated heterocycles. The fourth-order valence-corrected chi connectivity index (χ4v) is 2.08. The van der Waals surface area contributed by atoms with Gasteiger partial charge in [-0.25, -0.2) is 0 Å². The predicted octanol–water partition coefficient (Wildman–Crippen LogP) is 2.97. The van der Waals surface area contributed by atoms with Crippen LogP contribution >= 0.6 is 0 Å². The number of methoxy groups -OCH3 is 2. The molecule has 19 heavy (non-hydrogen) atoms. The molecule has 0 aliphatic carbocycles. The largest absolute Gasteiger partial charge is 0.497 e. The van der Waals surface area contributed by atoms with E-state index in [9.17, 15) is 0 Å². The van der Waals surface area contributed by atoms with Gasteiger partial charge in [0, 0.05) is 20.3 Å². The molecule has 0 atom stereocenters. The van der Waals surface area contributed by atoms with Gasteiger partial charge >= 0.3 is 0 Å². The molecule has 3 heteroatoms. The summed E-state index contributed by atoms with van der Waals surface area (Å²) in [5.41, 5.74) is 1.30. The molecule has 0 amide bonds. The van der Waals surface area contributed by atoms with Crippen molar-refractivity contribution in [1.82, 2.24) is 5.32 Å². The second kappa shape index (κ2) is 7.12. The van der Waals surface area contributed by atoms with Crippen molar-refractivity contribution in [3.8, 4) is 5.75 Å². The third-order valence-electron chi connectivity index (χ3n) is 3.14. The summed E-state index contributed by atoms with van der Waals surface area (Å²) in [6.45, 7) is 2.69. The molecule has 2 aromatic carbocycles. The van der Waals surface area contributed by atoms with E-state index in [-0.39, 0.29) is 0 Å². The summed E-state index contributed by atoms with van der Waals surface area (Å²) in [5.74, 6) is 0.901. The van der Waals surface area contributed by atoms with Crippen LogP contribution in [0.5, 0.6) is 5.75 Å². The summed E-state index contributed by atoms with van der Waals surface area (Å²) < 4.78 is 10.3. The SMILES string of the molecule is COCCCNCc1ccc2cc(OC)ccc2c1. The lowest BCUT2D eigenvalue weighted by molar-refractivity contribution is 0.194. The van der Waals surface area contributed by atoms with E-state index in [1.54, 1.807) is 14.2 Å². The molecule has 0 unspecified atom stereocenters. The first-order valence-electron chi connectivity index (χ1n) is 6.60. The van der Waals surface area contributed by atoms with Crippen molar-refractivity contribution < 1.29 is 9.47 Å². The zero-order valence-corrected chi connectivity index (χ0v) is 11.6. The van der Waals surface area contributed by atoms with Gasteiger partial charge in [-0.1, -0.05) is 18.2 Å². The van der Waals surface area contributed by atoms with Crippen LogP contribution in [0.25, 0.3) is 10.8 Å². The zero-order chi connectivity index (χ0) is 13.5. The smallest absolute Gasteiger partial charge is 0.119 e. The van der Waals surface area contributed by atoms with Gasteiger partial charge in [-0.2, -0.15) is 0 Å². The van der Waals surface area contributed by atoms with Crippen molar-refractivity contribution in [3.05, 3.63) is 42.0 Å². The highest BCUT2D eigenvalue weighted by Crippen LogP contribution is 2.21. The zero-order valence-electron chi connectivity index (χ0n) is 11.6. The van der Waals surface area contributed by atoms with Crippen LogP contribution in [-0.2, 0) is 11.3 Å². The molecule has 1 N–H and O–H groups in total. The number of benzene rings is 2. The Balaban J connectivity index is 1.97. The molecule has 0 bridgehead atoms.